The molecule has 0 saturated carbocycles. The van der Waals surface area contributed by atoms with Crippen LogP contribution < -0.4 is 0 Å². The van der Waals surface area contributed by atoms with Crippen LogP contribution in [-0.4, -0.2) is 20.2 Å². The van der Waals surface area contributed by atoms with Crippen LogP contribution in [0.4, 0.5) is 0 Å². The van der Waals surface area contributed by atoms with Gasteiger partial charge in [-0.25, -0.2) is 4.98 Å². The molecule has 0 atom stereocenters. The summed E-state index contributed by atoms with van der Waals surface area (Å²) in [5, 5.41) is 8.32. The molecule has 0 radical (unpaired) electrons. The third kappa shape index (κ3) is 2.73. The number of hydrogen-bond donors (Lipinski definition) is 1. The minimum atomic E-state index is 0.537. The fraction of sp³-hybridized carbons (Fsp3) is 0.167. The molecule has 0 amide bonds. The molecule has 0 spiro atoms. The van der Waals surface area contributed by atoms with Gasteiger partial charge in [0.2, 0.25) is 11.8 Å². The molecule has 0 bridgehead atoms. The Balaban J connectivity index is 1.53. The van der Waals surface area contributed by atoms with Gasteiger partial charge in [0.1, 0.15) is 0 Å². The molecule has 0 aliphatic heterocycles. The summed E-state index contributed by atoms with van der Waals surface area (Å²) < 4.78 is 5.80. The monoisotopic (exact) mass is 304 g/mol. The largest absolute Gasteiger partial charge is 0.421 e. The molecular weight excluding hydrogens is 288 g/mol. The number of aryl methyl sites for hydroxylation is 3. The van der Waals surface area contributed by atoms with Crippen molar-refractivity contribution in [3.8, 4) is 11.5 Å². The van der Waals surface area contributed by atoms with Crippen molar-refractivity contribution in [1.29, 1.82) is 0 Å². The number of aromatic amines is 1. The van der Waals surface area contributed by atoms with Gasteiger partial charge < -0.3 is 9.40 Å². The van der Waals surface area contributed by atoms with Gasteiger partial charge in [0.15, 0.2) is 0 Å². The lowest BCUT2D eigenvalue weighted by molar-refractivity contribution is 0.504. The summed E-state index contributed by atoms with van der Waals surface area (Å²) in [6.07, 6.45) is 3.31. The highest BCUT2D eigenvalue weighted by Crippen LogP contribution is 2.22. The van der Waals surface area contributed by atoms with E-state index >= 15 is 0 Å². The second-order valence-corrected chi connectivity index (χ2v) is 5.56. The molecule has 4 aromatic rings. The average molecular weight is 304 g/mol. The van der Waals surface area contributed by atoms with Gasteiger partial charge in [-0.15, -0.1) is 10.2 Å². The Kier molecular flexibility index (Phi) is 3.38. The number of aromatic nitrogens is 4. The van der Waals surface area contributed by atoms with E-state index in [-0.39, 0.29) is 0 Å². The Morgan fingerprint density at radius 2 is 1.96 bits per heavy atom. The number of benzene rings is 2. The van der Waals surface area contributed by atoms with Crippen molar-refractivity contribution in [3.63, 3.8) is 0 Å². The molecule has 114 valence electrons. The zero-order valence-electron chi connectivity index (χ0n) is 12.8. The maximum atomic E-state index is 5.80. The molecule has 0 saturated heterocycles. The van der Waals surface area contributed by atoms with Crippen LogP contribution in [0.1, 0.15) is 17.0 Å². The van der Waals surface area contributed by atoms with E-state index in [0.717, 1.165) is 29.4 Å². The molecular formula is C18H16N4O. The SMILES string of the molecule is Cc1ccccc1CCc1nnc(-c2ccc3[nH]cnc3c2)o1. The second kappa shape index (κ2) is 5.68. The maximum absolute atomic E-state index is 5.80. The van der Waals surface area contributed by atoms with Crippen LogP contribution in [0, 0.1) is 6.92 Å². The maximum Gasteiger partial charge on any atom is 0.247 e. The third-order valence-electron chi connectivity index (χ3n) is 4.00. The molecule has 2 aromatic carbocycles. The van der Waals surface area contributed by atoms with Gasteiger partial charge in [0.25, 0.3) is 0 Å². The Hall–Kier alpha value is -2.95. The van der Waals surface area contributed by atoms with E-state index in [2.05, 4.69) is 51.4 Å². The van der Waals surface area contributed by atoms with Crippen molar-refractivity contribution in [1.82, 2.24) is 20.2 Å². The standard InChI is InChI=1S/C18H16N4O/c1-12-4-2-3-5-13(12)7-9-17-21-22-18(23-17)14-6-8-15-16(10-14)20-11-19-15/h2-6,8,10-11H,7,9H2,1H3,(H,19,20). The molecule has 4 rings (SSSR count). The van der Waals surface area contributed by atoms with E-state index in [1.807, 2.05) is 18.2 Å². The van der Waals surface area contributed by atoms with E-state index in [9.17, 15) is 0 Å². The average Bonchev–Trinajstić information content (AvgIpc) is 3.22. The first-order valence-corrected chi connectivity index (χ1v) is 7.60. The number of fused-ring (bicyclic) bond motifs is 1. The van der Waals surface area contributed by atoms with Gasteiger partial charge in [-0.05, 0) is 42.7 Å². The van der Waals surface area contributed by atoms with Crippen molar-refractivity contribution in [2.45, 2.75) is 19.8 Å². The summed E-state index contributed by atoms with van der Waals surface area (Å²) in [5.74, 6) is 1.19. The van der Waals surface area contributed by atoms with Crippen molar-refractivity contribution >= 4 is 11.0 Å². The van der Waals surface area contributed by atoms with Gasteiger partial charge in [0, 0.05) is 12.0 Å². The predicted molar refractivity (Wildman–Crippen MR) is 88.0 cm³/mol. The van der Waals surface area contributed by atoms with Crippen molar-refractivity contribution in [3.05, 3.63) is 65.8 Å². The van der Waals surface area contributed by atoms with Crippen LogP contribution in [-0.2, 0) is 12.8 Å². The van der Waals surface area contributed by atoms with Crippen LogP contribution in [0.15, 0.2) is 53.2 Å². The first-order valence-electron chi connectivity index (χ1n) is 7.60. The number of imidazole rings is 1. The Morgan fingerprint density at radius 1 is 1.04 bits per heavy atom. The van der Waals surface area contributed by atoms with E-state index < -0.39 is 0 Å². The first kappa shape index (κ1) is 13.7. The number of nitrogens with one attached hydrogen (secondary N) is 1. The molecule has 0 unspecified atom stereocenters. The van der Waals surface area contributed by atoms with E-state index in [1.54, 1.807) is 6.33 Å². The zero-order valence-corrected chi connectivity index (χ0v) is 12.8. The lowest BCUT2D eigenvalue weighted by Gasteiger charge is -2.02. The number of nitrogens with zero attached hydrogens (tertiary/aromatic N) is 3. The first-order chi connectivity index (χ1) is 11.3. The summed E-state index contributed by atoms with van der Waals surface area (Å²) in [5.41, 5.74) is 5.37. The molecule has 2 heterocycles. The summed E-state index contributed by atoms with van der Waals surface area (Å²) in [7, 11) is 0. The van der Waals surface area contributed by atoms with E-state index in [1.165, 1.54) is 11.1 Å². The topological polar surface area (TPSA) is 67.6 Å². The summed E-state index contributed by atoms with van der Waals surface area (Å²) in [4.78, 5) is 7.32. The summed E-state index contributed by atoms with van der Waals surface area (Å²) >= 11 is 0. The lowest BCUT2D eigenvalue weighted by Crippen LogP contribution is -1.94. The molecule has 0 fully saturated rings. The quantitative estimate of drug-likeness (QED) is 0.624. The van der Waals surface area contributed by atoms with Crippen LogP contribution in [0.5, 0.6) is 0 Å². The Labute approximate surface area is 133 Å². The highest BCUT2D eigenvalue weighted by atomic mass is 16.4. The van der Waals surface area contributed by atoms with Crippen LogP contribution >= 0.6 is 0 Å². The normalized spacial score (nSPS) is 11.2. The van der Waals surface area contributed by atoms with Crippen LogP contribution in [0.3, 0.4) is 0 Å². The molecule has 0 aliphatic rings. The molecule has 5 heteroatoms. The molecule has 5 nitrogen and oxygen atoms in total. The lowest BCUT2D eigenvalue weighted by atomic mass is 10.0. The number of H-pyrrole nitrogens is 1. The van der Waals surface area contributed by atoms with Gasteiger partial charge in [-0.2, -0.15) is 0 Å². The number of rotatable bonds is 4. The van der Waals surface area contributed by atoms with Crippen molar-refractivity contribution in [2.24, 2.45) is 0 Å². The van der Waals surface area contributed by atoms with Gasteiger partial charge in [0.05, 0.1) is 17.4 Å². The fourth-order valence-corrected chi connectivity index (χ4v) is 2.67. The second-order valence-electron chi connectivity index (χ2n) is 5.56. The minimum absolute atomic E-state index is 0.537. The Morgan fingerprint density at radius 3 is 2.87 bits per heavy atom. The van der Waals surface area contributed by atoms with E-state index in [4.69, 9.17) is 4.42 Å². The minimum Gasteiger partial charge on any atom is -0.421 e. The third-order valence-corrected chi connectivity index (χ3v) is 4.00. The highest BCUT2D eigenvalue weighted by molar-refractivity contribution is 5.79. The molecule has 2 aromatic heterocycles. The van der Waals surface area contributed by atoms with E-state index in [0.29, 0.717) is 11.8 Å². The summed E-state index contributed by atoms with van der Waals surface area (Å²) in [6.45, 7) is 2.12. The smallest absolute Gasteiger partial charge is 0.247 e. The van der Waals surface area contributed by atoms with Gasteiger partial charge >= 0.3 is 0 Å². The zero-order chi connectivity index (χ0) is 15.6. The molecule has 0 aliphatic carbocycles. The molecule has 1 N–H and O–H groups in total. The predicted octanol–water partition coefficient (Wildman–Crippen LogP) is 3.71. The molecule has 23 heavy (non-hydrogen) atoms. The van der Waals surface area contributed by atoms with Crippen molar-refractivity contribution < 1.29 is 4.42 Å². The van der Waals surface area contributed by atoms with Crippen LogP contribution in [0.2, 0.25) is 0 Å². The van der Waals surface area contributed by atoms with Crippen molar-refractivity contribution in [2.75, 3.05) is 0 Å². The summed E-state index contributed by atoms with van der Waals surface area (Å²) in [6, 6.07) is 14.2. The van der Waals surface area contributed by atoms with Gasteiger partial charge in [-0.3, -0.25) is 0 Å². The van der Waals surface area contributed by atoms with Crippen LogP contribution in [0.25, 0.3) is 22.5 Å². The Bertz CT molecular complexity index is 954. The highest BCUT2D eigenvalue weighted by Gasteiger charge is 2.10. The number of hydrogen-bond acceptors (Lipinski definition) is 4. The van der Waals surface area contributed by atoms with Gasteiger partial charge in [-0.1, -0.05) is 24.3 Å². The fourth-order valence-electron chi connectivity index (χ4n) is 2.67.